The van der Waals surface area contributed by atoms with Gasteiger partial charge in [0.2, 0.25) is 0 Å². The second-order valence-electron chi connectivity index (χ2n) is 3.42. The van der Waals surface area contributed by atoms with Gasteiger partial charge in [0.25, 0.3) is 0 Å². The van der Waals surface area contributed by atoms with Crippen molar-refractivity contribution in [3.63, 3.8) is 0 Å². The molecule has 12 heavy (non-hydrogen) atoms. The summed E-state index contributed by atoms with van der Waals surface area (Å²) in [6.07, 6.45) is 5.97. The molecule has 2 unspecified atom stereocenters. The van der Waals surface area contributed by atoms with E-state index >= 15 is 0 Å². The Morgan fingerprint density at radius 2 is 2.00 bits per heavy atom. The molecular formula is C9H19O2S-. The zero-order chi connectivity index (χ0) is 9.40. The van der Waals surface area contributed by atoms with Crippen LogP contribution in [0.15, 0.2) is 0 Å². The van der Waals surface area contributed by atoms with Crippen molar-refractivity contribution in [3.05, 3.63) is 0 Å². The van der Waals surface area contributed by atoms with E-state index < -0.39 is 11.1 Å². The highest BCUT2D eigenvalue weighted by Gasteiger charge is 2.00. The maximum Gasteiger partial charge on any atom is 0.0127 e. The minimum absolute atomic E-state index is 0.326. The number of rotatable bonds is 7. The van der Waals surface area contributed by atoms with Gasteiger partial charge in [-0.2, -0.15) is 0 Å². The van der Waals surface area contributed by atoms with Gasteiger partial charge < -0.3 is 4.55 Å². The van der Waals surface area contributed by atoms with E-state index in [0.717, 1.165) is 6.42 Å². The topological polar surface area (TPSA) is 40.1 Å². The van der Waals surface area contributed by atoms with Gasteiger partial charge in [0.1, 0.15) is 0 Å². The summed E-state index contributed by atoms with van der Waals surface area (Å²) in [5.74, 6) is 0.659. The predicted molar refractivity (Wildman–Crippen MR) is 51.7 cm³/mol. The molecule has 2 atom stereocenters. The monoisotopic (exact) mass is 191 g/mol. The first-order chi connectivity index (χ1) is 5.66. The first kappa shape index (κ1) is 12.1. The summed E-state index contributed by atoms with van der Waals surface area (Å²) in [7, 11) is 0. The van der Waals surface area contributed by atoms with Crippen molar-refractivity contribution >= 4 is 11.1 Å². The summed E-state index contributed by atoms with van der Waals surface area (Å²) < 4.78 is 20.6. The molecule has 0 fully saturated rings. The van der Waals surface area contributed by atoms with E-state index in [1.807, 2.05) is 6.92 Å². The van der Waals surface area contributed by atoms with Crippen LogP contribution in [-0.2, 0) is 11.1 Å². The zero-order valence-corrected chi connectivity index (χ0v) is 8.86. The average Bonchev–Trinajstić information content (AvgIpc) is 1.97. The van der Waals surface area contributed by atoms with Crippen LogP contribution in [0.25, 0.3) is 0 Å². The molecule has 0 aromatic carbocycles. The number of hydrogen-bond donors (Lipinski definition) is 0. The van der Waals surface area contributed by atoms with E-state index in [1.165, 1.54) is 25.7 Å². The van der Waals surface area contributed by atoms with Gasteiger partial charge in [0, 0.05) is 5.75 Å². The first-order valence-corrected chi connectivity index (χ1v) is 5.97. The molecule has 74 valence electrons. The van der Waals surface area contributed by atoms with E-state index in [2.05, 4.69) is 6.92 Å². The third kappa shape index (κ3) is 8.21. The lowest BCUT2D eigenvalue weighted by molar-refractivity contribution is 0.493. The lowest BCUT2D eigenvalue weighted by Crippen LogP contribution is -2.06. The normalized spacial score (nSPS) is 15.9. The van der Waals surface area contributed by atoms with Crippen molar-refractivity contribution in [3.8, 4) is 0 Å². The summed E-state index contributed by atoms with van der Waals surface area (Å²) in [5.41, 5.74) is 0. The van der Waals surface area contributed by atoms with Crippen LogP contribution in [0.1, 0.15) is 46.0 Å². The fourth-order valence-corrected chi connectivity index (χ4v) is 1.87. The van der Waals surface area contributed by atoms with Crippen LogP contribution < -0.4 is 0 Å². The highest BCUT2D eigenvalue weighted by atomic mass is 32.2. The molecule has 0 aromatic heterocycles. The van der Waals surface area contributed by atoms with Crippen LogP contribution in [0.4, 0.5) is 0 Å². The van der Waals surface area contributed by atoms with Crippen molar-refractivity contribution in [2.75, 3.05) is 5.75 Å². The van der Waals surface area contributed by atoms with Crippen LogP contribution in [0, 0.1) is 5.92 Å². The Kier molecular flexibility index (Phi) is 7.81. The SMILES string of the molecule is CCCCCCC(C)CS(=O)[O-]. The molecule has 0 saturated heterocycles. The van der Waals surface area contributed by atoms with Crippen molar-refractivity contribution in [1.82, 2.24) is 0 Å². The van der Waals surface area contributed by atoms with Crippen molar-refractivity contribution in [2.45, 2.75) is 46.0 Å². The molecule has 0 aliphatic carbocycles. The smallest absolute Gasteiger partial charge is 0.0127 e. The highest BCUT2D eigenvalue weighted by Crippen LogP contribution is 2.10. The van der Waals surface area contributed by atoms with Gasteiger partial charge in [-0.3, -0.25) is 4.21 Å². The van der Waals surface area contributed by atoms with Gasteiger partial charge in [-0.25, -0.2) is 0 Å². The Morgan fingerprint density at radius 3 is 2.50 bits per heavy atom. The van der Waals surface area contributed by atoms with Gasteiger partial charge in [0.15, 0.2) is 0 Å². The van der Waals surface area contributed by atoms with Crippen molar-refractivity contribution in [1.29, 1.82) is 0 Å². The van der Waals surface area contributed by atoms with E-state index in [-0.39, 0.29) is 0 Å². The molecule has 3 heteroatoms. The van der Waals surface area contributed by atoms with Crippen LogP contribution in [-0.4, -0.2) is 14.5 Å². The molecule has 0 aliphatic rings. The summed E-state index contributed by atoms with van der Waals surface area (Å²) in [6.45, 7) is 4.18. The third-order valence-corrected chi connectivity index (χ3v) is 2.81. The lowest BCUT2D eigenvalue weighted by Gasteiger charge is -2.12. The maximum absolute atomic E-state index is 10.3. The highest BCUT2D eigenvalue weighted by molar-refractivity contribution is 7.79. The van der Waals surface area contributed by atoms with Gasteiger partial charge in [-0.15, -0.1) is 0 Å². The molecule has 0 heterocycles. The molecule has 0 radical (unpaired) electrons. The van der Waals surface area contributed by atoms with Gasteiger partial charge in [-0.05, 0) is 12.3 Å². The van der Waals surface area contributed by atoms with E-state index in [0.29, 0.717) is 11.7 Å². The third-order valence-electron chi connectivity index (χ3n) is 1.97. The zero-order valence-electron chi connectivity index (χ0n) is 8.04. The molecule has 0 spiro atoms. The summed E-state index contributed by atoms with van der Waals surface area (Å²) in [5, 5.41) is 0. The molecule has 0 aromatic rings. The van der Waals surface area contributed by atoms with Gasteiger partial charge >= 0.3 is 0 Å². The molecule has 0 rings (SSSR count). The lowest BCUT2D eigenvalue weighted by atomic mass is 10.0. The van der Waals surface area contributed by atoms with Gasteiger partial charge in [0.05, 0.1) is 0 Å². The summed E-state index contributed by atoms with van der Waals surface area (Å²) >= 11 is -1.85. The molecule has 0 amide bonds. The van der Waals surface area contributed by atoms with Crippen molar-refractivity contribution in [2.24, 2.45) is 5.92 Å². The van der Waals surface area contributed by atoms with Crippen LogP contribution in [0.5, 0.6) is 0 Å². The maximum atomic E-state index is 10.3. The molecule has 0 N–H and O–H groups in total. The van der Waals surface area contributed by atoms with Crippen LogP contribution in [0.3, 0.4) is 0 Å². The molecule has 0 saturated carbocycles. The minimum Gasteiger partial charge on any atom is -0.772 e. The largest absolute Gasteiger partial charge is 0.772 e. The minimum atomic E-state index is -1.85. The summed E-state index contributed by atoms with van der Waals surface area (Å²) in [4.78, 5) is 0. The fraction of sp³-hybridized carbons (Fsp3) is 1.00. The number of hydrogen-bond acceptors (Lipinski definition) is 2. The fourth-order valence-electron chi connectivity index (χ4n) is 1.24. The Bertz CT molecular complexity index is 126. The standard InChI is InChI=1S/C9H20O2S/c1-3-4-5-6-7-9(2)8-12(10)11/h9H,3-8H2,1-2H3,(H,10,11)/p-1. The molecule has 0 bridgehead atoms. The average molecular weight is 191 g/mol. The Morgan fingerprint density at radius 1 is 1.33 bits per heavy atom. The van der Waals surface area contributed by atoms with Crippen LogP contribution >= 0.6 is 0 Å². The second kappa shape index (κ2) is 7.74. The first-order valence-electron chi connectivity index (χ1n) is 4.72. The Labute approximate surface area is 78.0 Å². The van der Waals surface area contributed by atoms with E-state index in [4.69, 9.17) is 0 Å². The second-order valence-corrected chi connectivity index (χ2v) is 4.37. The molecule has 0 aliphatic heterocycles. The predicted octanol–water partition coefficient (Wildman–Crippen LogP) is 2.47. The Hall–Kier alpha value is 0.110. The van der Waals surface area contributed by atoms with E-state index in [9.17, 15) is 8.76 Å². The number of unbranched alkanes of at least 4 members (excludes halogenated alkanes) is 3. The molecular weight excluding hydrogens is 172 g/mol. The van der Waals surface area contributed by atoms with Crippen molar-refractivity contribution < 1.29 is 8.76 Å². The molecule has 2 nitrogen and oxygen atoms in total. The quantitative estimate of drug-likeness (QED) is 0.458. The van der Waals surface area contributed by atoms with E-state index in [1.54, 1.807) is 0 Å². The summed E-state index contributed by atoms with van der Waals surface area (Å²) in [6, 6.07) is 0. The Balaban J connectivity index is 3.19. The van der Waals surface area contributed by atoms with Crippen LogP contribution in [0.2, 0.25) is 0 Å². The van der Waals surface area contributed by atoms with Gasteiger partial charge in [-0.1, -0.05) is 50.6 Å².